The van der Waals surface area contributed by atoms with Gasteiger partial charge in [-0.3, -0.25) is 9.79 Å². The van der Waals surface area contributed by atoms with Gasteiger partial charge in [0.2, 0.25) is 5.56 Å². The summed E-state index contributed by atoms with van der Waals surface area (Å²) < 4.78 is 5.21. The van der Waals surface area contributed by atoms with Crippen LogP contribution in [-0.2, 0) is 12.0 Å². The molecule has 2 bridgehead atoms. The maximum absolute atomic E-state index is 11.9. The summed E-state index contributed by atoms with van der Waals surface area (Å²) in [5.74, 6) is 0.476. The van der Waals surface area contributed by atoms with E-state index in [1.807, 2.05) is 13.0 Å². The number of aromatic hydroxyl groups is 1. The second-order valence-electron chi connectivity index (χ2n) is 7.62. The fourth-order valence-corrected chi connectivity index (χ4v) is 4.90. The number of aromatic amines is 1. The molecule has 1 aromatic carbocycles. The largest absolute Gasteiger partial charge is 0.504 e. The predicted octanol–water partition coefficient (Wildman–Crippen LogP) is 4.53. The van der Waals surface area contributed by atoms with E-state index < -0.39 is 5.54 Å². The van der Waals surface area contributed by atoms with Gasteiger partial charge in [-0.2, -0.15) is 0 Å². The van der Waals surface area contributed by atoms with Crippen molar-refractivity contribution in [3.05, 3.63) is 79.8 Å². The Morgan fingerprint density at radius 2 is 2.17 bits per heavy atom. The third kappa shape index (κ3) is 3.19. The lowest BCUT2D eigenvalue weighted by atomic mass is 9.63. The number of benzene rings is 1. The first-order valence-corrected chi connectivity index (χ1v) is 9.94. The van der Waals surface area contributed by atoms with Crippen molar-refractivity contribution in [3.8, 4) is 11.5 Å². The number of allylic oxidation sites excluding steroid dienone is 2. The van der Waals surface area contributed by atoms with Gasteiger partial charge in [0.25, 0.3) is 0 Å². The average molecular weight is 411 g/mol. The summed E-state index contributed by atoms with van der Waals surface area (Å²) in [6.45, 7) is 4.14. The molecule has 0 amide bonds. The molecule has 2 aliphatic rings. The van der Waals surface area contributed by atoms with Crippen molar-refractivity contribution in [2.24, 2.45) is 10.9 Å². The van der Waals surface area contributed by atoms with Crippen LogP contribution in [0.15, 0.2) is 57.4 Å². The summed E-state index contributed by atoms with van der Waals surface area (Å²) in [7, 11) is 1.48. The maximum atomic E-state index is 11.9. The summed E-state index contributed by atoms with van der Waals surface area (Å²) in [6, 6.07) is 6.65. The van der Waals surface area contributed by atoms with Crippen molar-refractivity contribution in [2.75, 3.05) is 7.11 Å². The zero-order chi connectivity index (χ0) is 20.8. The molecule has 2 N–H and O–H groups in total. The Hall–Kier alpha value is -2.79. The molecule has 4 rings (SSSR count). The smallest absolute Gasteiger partial charge is 0.248 e. The molecule has 0 spiro atoms. The minimum Gasteiger partial charge on any atom is -0.504 e. The minimum absolute atomic E-state index is 0.00352. The number of aromatic nitrogens is 1. The van der Waals surface area contributed by atoms with Crippen LogP contribution in [0.4, 0.5) is 0 Å². The number of methoxy groups -OCH3 is 1. The lowest BCUT2D eigenvalue weighted by Gasteiger charge is -2.45. The SMILES string of the molecule is CC=C1C2C=C(C)CC1(N=Cc1cc(Cl)cc(OC)c1O)c1ccc(=O)[nH]c1C2. The fraction of sp³-hybridized carbons (Fsp3) is 0.304. The molecule has 2 aliphatic carbocycles. The quantitative estimate of drug-likeness (QED) is 0.576. The highest BCUT2D eigenvalue weighted by Gasteiger charge is 2.46. The van der Waals surface area contributed by atoms with Crippen LogP contribution in [0.2, 0.25) is 5.02 Å². The van der Waals surface area contributed by atoms with Gasteiger partial charge in [0.15, 0.2) is 11.5 Å². The summed E-state index contributed by atoms with van der Waals surface area (Å²) in [6.07, 6.45) is 7.49. The van der Waals surface area contributed by atoms with E-state index in [1.54, 1.807) is 24.4 Å². The van der Waals surface area contributed by atoms with E-state index in [-0.39, 0.29) is 17.2 Å². The first-order chi connectivity index (χ1) is 13.9. The Morgan fingerprint density at radius 1 is 1.38 bits per heavy atom. The molecular weight excluding hydrogens is 388 g/mol. The molecule has 6 heteroatoms. The second-order valence-corrected chi connectivity index (χ2v) is 8.06. The van der Waals surface area contributed by atoms with Crippen LogP contribution in [-0.4, -0.2) is 23.4 Å². The first kappa shape index (κ1) is 19.5. The van der Waals surface area contributed by atoms with Gasteiger partial charge in [-0.15, -0.1) is 0 Å². The molecule has 2 aromatic rings. The highest BCUT2D eigenvalue weighted by atomic mass is 35.5. The number of nitrogens with zero attached hydrogens (tertiary/aromatic N) is 1. The number of H-pyrrole nitrogens is 1. The number of phenolic OH excluding ortho intramolecular Hbond substituents is 1. The molecule has 1 heterocycles. The number of hydrogen-bond donors (Lipinski definition) is 2. The Bertz CT molecular complexity index is 1130. The van der Waals surface area contributed by atoms with Crippen LogP contribution in [0.25, 0.3) is 0 Å². The van der Waals surface area contributed by atoms with Crippen LogP contribution in [0.1, 0.15) is 37.1 Å². The number of aliphatic imine (C=N–C) groups is 1. The van der Waals surface area contributed by atoms with Crippen LogP contribution < -0.4 is 10.3 Å². The number of halogens is 1. The van der Waals surface area contributed by atoms with Gasteiger partial charge >= 0.3 is 0 Å². The normalized spacial score (nSPS) is 24.5. The predicted molar refractivity (Wildman–Crippen MR) is 115 cm³/mol. The van der Waals surface area contributed by atoms with Crippen molar-refractivity contribution < 1.29 is 9.84 Å². The van der Waals surface area contributed by atoms with Gasteiger partial charge in [0, 0.05) is 52.5 Å². The van der Waals surface area contributed by atoms with Crippen molar-refractivity contribution in [3.63, 3.8) is 0 Å². The van der Waals surface area contributed by atoms with E-state index in [0.29, 0.717) is 22.8 Å². The molecule has 5 nitrogen and oxygen atoms in total. The molecule has 150 valence electrons. The third-order valence-electron chi connectivity index (χ3n) is 5.79. The zero-order valence-corrected chi connectivity index (χ0v) is 17.4. The van der Waals surface area contributed by atoms with E-state index in [1.165, 1.54) is 18.3 Å². The first-order valence-electron chi connectivity index (χ1n) is 9.56. The molecule has 0 aliphatic heterocycles. The highest BCUT2D eigenvalue weighted by Crippen LogP contribution is 2.52. The third-order valence-corrected chi connectivity index (χ3v) is 6.01. The molecule has 0 saturated heterocycles. The van der Waals surface area contributed by atoms with Gasteiger partial charge in [0.1, 0.15) is 5.54 Å². The number of phenols is 1. The van der Waals surface area contributed by atoms with E-state index in [2.05, 4.69) is 24.1 Å². The Labute approximate surface area is 174 Å². The molecule has 0 radical (unpaired) electrons. The standard InChI is InChI=1S/C23H23ClN2O3/c1-4-17-14-7-13(2)11-23(17,18-5-6-21(27)26-19(18)9-14)25-12-15-8-16(24)10-20(29-3)22(15)28/h4-8,10,12,14,28H,9,11H2,1-3H3,(H,26,27). The fourth-order valence-electron chi connectivity index (χ4n) is 4.68. The van der Waals surface area contributed by atoms with Gasteiger partial charge < -0.3 is 14.8 Å². The van der Waals surface area contributed by atoms with Gasteiger partial charge in [-0.05, 0) is 38.0 Å². The van der Waals surface area contributed by atoms with Crippen molar-refractivity contribution in [2.45, 2.75) is 32.2 Å². The van der Waals surface area contributed by atoms with E-state index in [0.717, 1.165) is 17.7 Å². The van der Waals surface area contributed by atoms with Crippen molar-refractivity contribution in [1.29, 1.82) is 0 Å². The Kier molecular flexibility index (Phi) is 4.87. The summed E-state index contributed by atoms with van der Waals surface area (Å²) >= 11 is 6.19. The number of hydrogen-bond acceptors (Lipinski definition) is 4. The van der Waals surface area contributed by atoms with E-state index in [4.69, 9.17) is 21.3 Å². The van der Waals surface area contributed by atoms with E-state index >= 15 is 0 Å². The lowest BCUT2D eigenvalue weighted by molar-refractivity contribution is 0.373. The molecule has 0 saturated carbocycles. The zero-order valence-electron chi connectivity index (χ0n) is 16.6. The summed E-state index contributed by atoms with van der Waals surface area (Å²) in [5.41, 5.74) is 4.12. The van der Waals surface area contributed by atoms with Crippen molar-refractivity contribution >= 4 is 17.8 Å². The summed E-state index contributed by atoms with van der Waals surface area (Å²) in [5, 5.41) is 11.0. The molecule has 2 atom stereocenters. The lowest BCUT2D eigenvalue weighted by Crippen LogP contribution is -2.40. The topological polar surface area (TPSA) is 74.7 Å². The Balaban J connectivity index is 1.92. The van der Waals surface area contributed by atoms with Gasteiger partial charge in [-0.1, -0.05) is 29.3 Å². The van der Waals surface area contributed by atoms with Crippen LogP contribution in [0.3, 0.4) is 0 Å². The Morgan fingerprint density at radius 3 is 2.90 bits per heavy atom. The van der Waals surface area contributed by atoms with E-state index in [9.17, 15) is 9.90 Å². The maximum Gasteiger partial charge on any atom is 0.248 e. The molecule has 29 heavy (non-hydrogen) atoms. The molecule has 0 fully saturated rings. The monoisotopic (exact) mass is 410 g/mol. The van der Waals surface area contributed by atoms with Crippen molar-refractivity contribution in [1.82, 2.24) is 4.98 Å². The second kappa shape index (κ2) is 7.23. The van der Waals surface area contributed by atoms with Crippen LogP contribution >= 0.6 is 11.6 Å². The number of rotatable bonds is 3. The van der Waals surface area contributed by atoms with Gasteiger partial charge in [-0.25, -0.2) is 0 Å². The highest BCUT2D eigenvalue weighted by molar-refractivity contribution is 6.31. The average Bonchev–Trinajstić information content (AvgIpc) is 2.67. The number of nitrogens with one attached hydrogen (secondary N) is 1. The molecular formula is C23H23ClN2O3. The number of ether oxygens (including phenoxy) is 1. The van der Waals surface area contributed by atoms with Crippen LogP contribution in [0.5, 0.6) is 11.5 Å². The summed E-state index contributed by atoms with van der Waals surface area (Å²) in [4.78, 5) is 20.0. The molecule has 1 aromatic heterocycles. The van der Waals surface area contributed by atoms with Gasteiger partial charge in [0.05, 0.1) is 7.11 Å². The number of fused-ring (bicyclic) bond motifs is 4. The van der Waals surface area contributed by atoms with Crippen LogP contribution in [0, 0.1) is 5.92 Å². The minimum atomic E-state index is -0.627. The number of pyridine rings is 1. The molecule has 2 unspecified atom stereocenters.